The zero-order chi connectivity index (χ0) is 12.3. The summed E-state index contributed by atoms with van der Waals surface area (Å²) >= 11 is 6.03. The molecule has 0 unspecified atom stereocenters. The van der Waals surface area contributed by atoms with Gasteiger partial charge in [0.25, 0.3) is 0 Å². The first-order valence-corrected chi connectivity index (χ1v) is 6.42. The number of hydrogen-bond donors (Lipinski definition) is 2. The van der Waals surface area contributed by atoms with Gasteiger partial charge in [-0.1, -0.05) is 11.6 Å². The molecular formula is C13H19ClN2O. The number of nitrogens with one attached hydrogen (secondary N) is 1. The Morgan fingerprint density at radius 2 is 2.24 bits per heavy atom. The van der Waals surface area contributed by atoms with Crippen LogP contribution in [0, 0.1) is 0 Å². The van der Waals surface area contributed by atoms with Crippen LogP contribution in [0.3, 0.4) is 0 Å². The van der Waals surface area contributed by atoms with E-state index in [2.05, 4.69) is 10.2 Å². The Morgan fingerprint density at radius 3 is 2.88 bits per heavy atom. The van der Waals surface area contributed by atoms with Gasteiger partial charge in [-0.2, -0.15) is 0 Å². The van der Waals surface area contributed by atoms with Gasteiger partial charge in [-0.3, -0.25) is 0 Å². The fraction of sp³-hybridized carbons (Fsp3) is 0.538. The first-order chi connectivity index (χ1) is 8.20. The number of likely N-dealkylation sites (N-methyl/N-ethyl adjacent to an activating group) is 1. The van der Waals surface area contributed by atoms with Crippen LogP contribution >= 0.6 is 11.6 Å². The molecule has 1 aliphatic carbocycles. The van der Waals surface area contributed by atoms with Gasteiger partial charge in [0.2, 0.25) is 0 Å². The highest BCUT2D eigenvalue weighted by atomic mass is 35.5. The van der Waals surface area contributed by atoms with Crippen molar-refractivity contribution in [3.05, 3.63) is 28.8 Å². The first kappa shape index (κ1) is 12.7. The van der Waals surface area contributed by atoms with Crippen LogP contribution in [0.2, 0.25) is 5.02 Å². The highest BCUT2D eigenvalue weighted by Crippen LogP contribution is 2.25. The van der Waals surface area contributed by atoms with Gasteiger partial charge in [-0.15, -0.1) is 0 Å². The molecule has 0 radical (unpaired) electrons. The molecule has 3 nitrogen and oxygen atoms in total. The van der Waals surface area contributed by atoms with Crippen LogP contribution in [0.25, 0.3) is 0 Å². The summed E-state index contributed by atoms with van der Waals surface area (Å²) < 4.78 is 0. The van der Waals surface area contributed by atoms with Crippen molar-refractivity contribution in [2.75, 3.05) is 25.1 Å². The SMILES string of the molecule is CN(CCO)c1ccc(Cl)cc1CNC1CC1. The summed E-state index contributed by atoms with van der Waals surface area (Å²) in [5.41, 5.74) is 2.33. The predicted octanol–water partition coefficient (Wildman–Crippen LogP) is 2.02. The Morgan fingerprint density at radius 1 is 1.47 bits per heavy atom. The lowest BCUT2D eigenvalue weighted by molar-refractivity contribution is 0.304. The van der Waals surface area contributed by atoms with Crippen molar-refractivity contribution in [3.8, 4) is 0 Å². The van der Waals surface area contributed by atoms with Crippen molar-refractivity contribution in [3.63, 3.8) is 0 Å². The van der Waals surface area contributed by atoms with Crippen LogP contribution in [0.4, 0.5) is 5.69 Å². The monoisotopic (exact) mass is 254 g/mol. The van der Waals surface area contributed by atoms with Crippen molar-refractivity contribution in [1.29, 1.82) is 0 Å². The molecule has 2 rings (SSSR count). The average Bonchev–Trinajstić information content (AvgIpc) is 3.10. The number of aliphatic hydroxyl groups is 1. The van der Waals surface area contributed by atoms with Gasteiger partial charge in [0.1, 0.15) is 0 Å². The van der Waals surface area contributed by atoms with Gasteiger partial charge < -0.3 is 15.3 Å². The van der Waals surface area contributed by atoms with Crippen LogP contribution in [-0.4, -0.2) is 31.3 Å². The molecule has 0 spiro atoms. The summed E-state index contributed by atoms with van der Waals surface area (Å²) in [6.07, 6.45) is 2.56. The maximum absolute atomic E-state index is 8.99. The molecular weight excluding hydrogens is 236 g/mol. The lowest BCUT2D eigenvalue weighted by Crippen LogP contribution is -2.24. The molecule has 0 amide bonds. The summed E-state index contributed by atoms with van der Waals surface area (Å²) in [6, 6.07) is 6.60. The van der Waals surface area contributed by atoms with E-state index in [1.165, 1.54) is 18.4 Å². The Hall–Kier alpha value is -0.770. The molecule has 0 bridgehead atoms. The molecule has 0 aliphatic heterocycles. The Bertz CT molecular complexity index is 380. The maximum atomic E-state index is 8.99. The number of hydrogen-bond acceptors (Lipinski definition) is 3. The first-order valence-electron chi connectivity index (χ1n) is 6.04. The van der Waals surface area contributed by atoms with E-state index >= 15 is 0 Å². The summed E-state index contributed by atoms with van der Waals surface area (Å²) in [5.74, 6) is 0. The van der Waals surface area contributed by atoms with E-state index in [4.69, 9.17) is 16.7 Å². The number of anilines is 1. The van der Waals surface area contributed by atoms with E-state index in [0.717, 1.165) is 17.3 Å². The lowest BCUT2D eigenvalue weighted by atomic mass is 10.1. The van der Waals surface area contributed by atoms with Gasteiger partial charge in [0.15, 0.2) is 0 Å². The number of halogens is 1. The summed E-state index contributed by atoms with van der Waals surface area (Å²) in [4.78, 5) is 2.06. The molecule has 1 aliphatic rings. The number of rotatable bonds is 6. The van der Waals surface area contributed by atoms with Crippen LogP contribution in [0.15, 0.2) is 18.2 Å². The minimum absolute atomic E-state index is 0.161. The summed E-state index contributed by atoms with van der Waals surface area (Å²) in [5, 5.41) is 13.2. The predicted molar refractivity (Wildman–Crippen MR) is 71.7 cm³/mol. The second kappa shape index (κ2) is 5.71. The van der Waals surface area contributed by atoms with E-state index in [0.29, 0.717) is 12.6 Å². The third kappa shape index (κ3) is 3.60. The van der Waals surface area contributed by atoms with Crippen LogP contribution in [-0.2, 0) is 6.54 Å². The van der Waals surface area contributed by atoms with Crippen molar-refractivity contribution < 1.29 is 5.11 Å². The summed E-state index contributed by atoms with van der Waals surface area (Å²) in [7, 11) is 1.99. The molecule has 0 atom stereocenters. The molecule has 94 valence electrons. The lowest BCUT2D eigenvalue weighted by Gasteiger charge is -2.22. The molecule has 1 saturated carbocycles. The van der Waals surface area contributed by atoms with Crippen LogP contribution in [0.5, 0.6) is 0 Å². The molecule has 0 heterocycles. The maximum Gasteiger partial charge on any atom is 0.0606 e. The average molecular weight is 255 g/mol. The second-order valence-corrected chi connectivity index (χ2v) is 5.01. The number of aliphatic hydroxyl groups excluding tert-OH is 1. The zero-order valence-electron chi connectivity index (χ0n) is 10.1. The molecule has 17 heavy (non-hydrogen) atoms. The van der Waals surface area contributed by atoms with Gasteiger partial charge in [-0.25, -0.2) is 0 Å². The third-order valence-corrected chi connectivity index (χ3v) is 3.28. The number of nitrogens with zero attached hydrogens (tertiary/aromatic N) is 1. The molecule has 1 fully saturated rings. The topological polar surface area (TPSA) is 35.5 Å². The van der Waals surface area contributed by atoms with Crippen molar-refractivity contribution in [2.45, 2.75) is 25.4 Å². The van der Waals surface area contributed by atoms with Crippen LogP contribution < -0.4 is 10.2 Å². The van der Waals surface area contributed by atoms with Gasteiger partial charge in [0, 0.05) is 36.9 Å². The fourth-order valence-electron chi connectivity index (χ4n) is 1.88. The molecule has 2 N–H and O–H groups in total. The van der Waals surface area contributed by atoms with E-state index < -0.39 is 0 Å². The smallest absolute Gasteiger partial charge is 0.0606 e. The van der Waals surface area contributed by atoms with Gasteiger partial charge >= 0.3 is 0 Å². The highest BCUT2D eigenvalue weighted by molar-refractivity contribution is 6.30. The van der Waals surface area contributed by atoms with Gasteiger partial charge in [-0.05, 0) is 36.6 Å². The minimum Gasteiger partial charge on any atom is -0.395 e. The third-order valence-electron chi connectivity index (χ3n) is 3.05. The molecule has 1 aromatic carbocycles. The fourth-order valence-corrected chi connectivity index (χ4v) is 2.07. The quantitative estimate of drug-likeness (QED) is 0.815. The van der Waals surface area contributed by atoms with Gasteiger partial charge in [0.05, 0.1) is 6.61 Å². The summed E-state index contributed by atoms with van der Waals surface area (Å²) in [6.45, 7) is 1.64. The molecule has 0 saturated heterocycles. The highest BCUT2D eigenvalue weighted by Gasteiger charge is 2.20. The van der Waals surface area contributed by atoms with Crippen molar-refractivity contribution >= 4 is 17.3 Å². The molecule has 1 aromatic rings. The molecule has 0 aromatic heterocycles. The zero-order valence-corrected chi connectivity index (χ0v) is 10.9. The number of benzene rings is 1. The van der Waals surface area contributed by atoms with Crippen molar-refractivity contribution in [1.82, 2.24) is 5.32 Å². The van der Waals surface area contributed by atoms with E-state index in [1.54, 1.807) is 0 Å². The molecule has 4 heteroatoms. The Labute approximate surface area is 107 Å². The second-order valence-electron chi connectivity index (χ2n) is 4.57. The Kier molecular flexibility index (Phi) is 4.26. The van der Waals surface area contributed by atoms with E-state index in [1.807, 2.05) is 25.2 Å². The van der Waals surface area contributed by atoms with E-state index in [9.17, 15) is 0 Å². The van der Waals surface area contributed by atoms with Crippen molar-refractivity contribution in [2.24, 2.45) is 0 Å². The van der Waals surface area contributed by atoms with E-state index in [-0.39, 0.29) is 6.61 Å². The largest absolute Gasteiger partial charge is 0.395 e. The Balaban J connectivity index is 2.10. The normalized spacial score (nSPS) is 15.0. The standard InChI is InChI=1S/C13H19ClN2O/c1-16(6-7-17)13-5-2-11(14)8-10(13)9-15-12-3-4-12/h2,5,8,12,15,17H,3-4,6-7,9H2,1H3. The minimum atomic E-state index is 0.161. The van der Waals surface area contributed by atoms with Crippen LogP contribution in [0.1, 0.15) is 18.4 Å².